The highest BCUT2D eigenvalue weighted by molar-refractivity contribution is 7.92. The summed E-state index contributed by atoms with van der Waals surface area (Å²) in [5.41, 5.74) is 2.08. The first-order valence-electron chi connectivity index (χ1n) is 7.62. The smallest absolute Gasteiger partial charge is 0.248 e. The zero-order valence-electron chi connectivity index (χ0n) is 13.9. The molecule has 0 saturated heterocycles. The van der Waals surface area contributed by atoms with E-state index in [1.807, 2.05) is 19.1 Å². The van der Waals surface area contributed by atoms with Crippen LogP contribution in [-0.2, 0) is 21.2 Å². The first-order chi connectivity index (χ1) is 11.3. The topological polar surface area (TPSA) is 79.4 Å². The number of carbonyl (C=O) groups excluding carboxylic acids is 1. The number of anilines is 2. The van der Waals surface area contributed by atoms with Gasteiger partial charge in [-0.2, -0.15) is 0 Å². The van der Waals surface area contributed by atoms with Crippen molar-refractivity contribution in [1.29, 1.82) is 0 Å². The number of aromatic nitrogens is 1. The number of hydrogen-bond donors (Lipinski definition) is 1. The van der Waals surface area contributed by atoms with Crippen LogP contribution in [0.3, 0.4) is 0 Å². The van der Waals surface area contributed by atoms with Crippen LogP contribution >= 0.6 is 0 Å². The number of pyridine rings is 1. The van der Waals surface area contributed by atoms with Gasteiger partial charge in [0.05, 0.1) is 23.8 Å². The van der Waals surface area contributed by atoms with Gasteiger partial charge >= 0.3 is 0 Å². The van der Waals surface area contributed by atoms with Crippen LogP contribution in [0.1, 0.15) is 19.4 Å². The lowest BCUT2D eigenvalue weighted by Crippen LogP contribution is -2.45. The number of nitrogens with one attached hydrogen (secondary N) is 1. The lowest BCUT2D eigenvalue weighted by Gasteiger charge is -2.28. The van der Waals surface area contributed by atoms with Crippen molar-refractivity contribution in [3.63, 3.8) is 0 Å². The van der Waals surface area contributed by atoms with Gasteiger partial charge in [0.15, 0.2) is 0 Å². The van der Waals surface area contributed by atoms with Crippen LogP contribution in [-0.4, -0.2) is 31.6 Å². The van der Waals surface area contributed by atoms with Gasteiger partial charge in [-0.15, -0.1) is 0 Å². The molecule has 0 aliphatic heterocycles. The fraction of sp³-hybridized carbons (Fsp3) is 0.294. The molecule has 0 radical (unpaired) electrons. The highest BCUT2D eigenvalue weighted by atomic mass is 32.2. The second-order valence-electron chi connectivity index (χ2n) is 5.49. The molecular formula is C17H21N3O3S. The second kappa shape index (κ2) is 7.44. The third-order valence-electron chi connectivity index (χ3n) is 3.62. The minimum Gasteiger partial charge on any atom is -0.323 e. The van der Waals surface area contributed by atoms with Crippen LogP contribution in [0.5, 0.6) is 0 Å². The van der Waals surface area contributed by atoms with E-state index in [-0.39, 0.29) is 0 Å². The van der Waals surface area contributed by atoms with E-state index >= 15 is 0 Å². The van der Waals surface area contributed by atoms with Gasteiger partial charge in [0.25, 0.3) is 0 Å². The van der Waals surface area contributed by atoms with Gasteiger partial charge in [-0.05, 0) is 43.2 Å². The van der Waals surface area contributed by atoms with Crippen LogP contribution < -0.4 is 9.62 Å². The summed E-state index contributed by atoms with van der Waals surface area (Å²) in [6.45, 7) is 3.58. The molecule has 0 saturated carbocycles. The van der Waals surface area contributed by atoms with Gasteiger partial charge in [-0.3, -0.25) is 14.1 Å². The van der Waals surface area contributed by atoms with E-state index in [9.17, 15) is 13.2 Å². The summed E-state index contributed by atoms with van der Waals surface area (Å²) in [6.07, 6.45) is 5.05. The first kappa shape index (κ1) is 17.9. The van der Waals surface area contributed by atoms with E-state index in [0.717, 1.165) is 22.5 Å². The van der Waals surface area contributed by atoms with Crippen LogP contribution in [0.4, 0.5) is 11.4 Å². The fourth-order valence-corrected chi connectivity index (χ4v) is 3.55. The van der Waals surface area contributed by atoms with Crippen LogP contribution in [0.2, 0.25) is 0 Å². The molecule has 0 spiro atoms. The molecular weight excluding hydrogens is 326 g/mol. The van der Waals surface area contributed by atoms with E-state index in [1.165, 1.54) is 6.20 Å². The van der Waals surface area contributed by atoms with E-state index < -0.39 is 22.0 Å². The Bertz CT molecular complexity index is 790. The summed E-state index contributed by atoms with van der Waals surface area (Å²) in [5.74, 6) is -0.423. The average Bonchev–Trinajstić information content (AvgIpc) is 2.55. The van der Waals surface area contributed by atoms with Gasteiger partial charge in [-0.1, -0.05) is 19.1 Å². The first-order valence-corrected chi connectivity index (χ1v) is 9.47. The van der Waals surface area contributed by atoms with Crippen molar-refractivity contribution in [2.45, 2.75) is 26.3 Å². The van der Waals surface area contributed by atoms with Gasteiger partial charge < -0.3 is 5.32 Å². The Hall–Kier alpha value is -2.41. The lowest BCUT2D eigenvalue weighted by atomic mass is 10.1. The monoisotopic (exact) mass is 347 g/mol. The summed E-state index contributed by atoms with van der Waals surface area (Å²) in [5, 5.41) is 2.68. The predicted molar refractivity (Wildman–Crippen MR) is 95.5 cm³/mol. The van der Waals surface area contributed by atoms with Crippen molar-refractivity contribution in [3.05, 3.63) is 54.4 Å². The molecule has 7 heteroatoms. The van der Waals surface area contributed by atoms with Gasteiger partial charge in [0.1, 0.15) is 6.04 Å². The molecule has 0 aliphatic rings. The molecule has 0 aliphatic carbocycles. The summed E-state index contributed by atoms with van der Waals surface area (Å²) in [7, 11) is -3.62. The second-order valence-corrected chi connectivity index (χ2v) is 7.35. The predicted octanol–water partition coefficient (Wildman–Crippen LogP) is 2.44. The molecule has 1 atom stereocenters. The van der Waals surface area contributed by atoms with Crippen molar-refractivity contribution >= 4 is 27.3 Å². The minimum atomic E-state index is -3.62. The maximum atomic E-state index is 12.5. The third kappa shape index (κ3) is 4.32. The Labute approximate surface area is 142 Å². The zero-order valence-corrected chi connectivity index (χ0v) is 14.7. The Balaban J connectivity index is 2.28. The minimum absolute atomic E-state index is 0.423. The van der Waals surface area contributed by atoms with Crippen molar-refractivity contribution in [1.82, 2.24) is 4.98 Å². The van der Waals surface area contributed by atoms with Crippen molar-refractivity contribution in [3.8, 4) is 0 Å². The maximum absolute atomic E-state index is 12.5. The molecule has 0 fully saturated rings. The molecule has 128 valence electrons. The van der Waals surface area contributed by atoms with Crippen LogP contribution in [0.15, 0.2) is 48.8 Å². The molecule has 1 aromatic heterocycles. The fourth-order valence-electron chi connectivity index (χ4n) is 2.37. The van der Waals surface area contributed by atoms with Gasteiger partial charge in [0.2, 0.25) is 15.9 Å². The summed E-state index contributed by atoms with van der Waals surface area (Å²) in [6, 6.07) is 9.64. The lowest BCUT2D eigenvalue weighted by molar-refractivity contribution is -0.116. The Morgan fingerprint density at radius 3 is 2.42 bits per heavy atom. The normalized spacial score (nSPS) is 12.5. The molecule has 1 heterocycles. The van der Waals surface area contributed by atoms with Crippen LogP contribution in [0, 0.1) is 0 Å². The number of sulfonamides is 1. The summed E-state index contributed by atoms with van der Waals surface area (Å²) >= 11 is 0. The van der Waals surface area contributed by atoms with Gasteiger partial charge in [-0.25, -0.2) is 8.42 Å². The SMILES string of the molecule is CCc1ccc(N([C@H](C)C(=O)Nc2cccnc2)S(C)(=O)=O)cc1. The van der Waals surface area contributed by atoms with E-state index in [1.54, 1.807) is 37.4 Å². The number of nitrogens with zero attached hydrogens (tertiary/aromatic N) is 2. The molecule has 1 N–H and O–H groups in total. The molecule has 24 heavy (non-hydrogen) atoms. The average molecular weight is 347 g/mol. The molecule has 1 amide bonds. The standard InChI is InChI=1S/C17H21N3O3S/c1-4-14-7-9-16(10-8-14)20(24(3,22)23)13(2)17(21)19-15-6-5-11-18-12-15/h5-13H,4H2,1-3H3,(H,19,21)/t13-/m1/s1. The number of hydrogen-bond acceptors (Lipinski definition) is 4. The molecule has 0 unspecified atom stereocenters. The maximum Gasteiger partial charge on any atom is 0.248 e. The number of aryl methyl sites for hydroxylation is 1. The van der Waals surface area contributed by atoms with Crippen molar-refractivity contribution < 1.29 is 13.2 Å². The van der Waals surface area contributed by atoms with E-state index in [2.05, 4.69) is 10.3 Å². The highest BCUT2D eigenvalue weighted by Crippen LogP contribution is 2.22. The number of rotatable bonds is 6. The molecule has 1 aromatic carbocycles. The highest BCUT2D eigenvalue weighted by Gasteiger charge is 2.29. The third-order valence-corrected chi connectivity index (χ3v) is 4.86. The molecule has 6 nitrogen and oxygen atoms in total. The summed E-state index contributed by atoms with van der Waals surface area (Å²) < 4.78 is 25.6. The summed E-state index contributed by atoms with van der Waals surface area (Å²) in [4.78, 5) is 16.4. The molecule has 2 aromatic rings. The van der Waals surface area contributed by atoms with Crippen molar-refractivity contribution in [2.75, 3.05) is 15.9 Å². The largest absolute Gasteiger partial charge is 0.323 e. The van der Waals surface area contributed by atoms with Gasteiger partial charge in [0, 0.05) is 6.20 Å². The number of carbonyl (C=O) groups is 1. The van der Waals surface area contributed by atoms with E-state index in [0.29, 0.717) is 11.4 Å². The quantitative estimate of drug-likeness (QED) is 0.870. The van der Waals surface area contributed by atoms with Crippen molar-refractivity contribution in [2.24, 2.45) is 0 Å². The Morgan fingerprint density at radius 1 is 1.25 bits per heavy atom. The molecule has 0 bridgehead atoms. The Kier molecular flexibility index (Phi) is 5.56. The number of amides is 1. The number of benzene rings is 1. The Morgan fingerprint density at radius 2 is 1.92 bits per heavy atom. The zero-order chi connectivity index (χ0) is 17.7. The van der Waals surface area contributed by atoms with Crippen LogP contribution in [0.25, 0.3) is 0 Å². The molecule has 2 rings (SSSR count). The van der Waals surface area contributed by atoms with E-state index in [4.69, 9.17) is 0 Å².